The van der Waals surface area contributed by atoms with Crippen LogP contribution in [0.5, 0.6) is 0 Å². The molecule has 1 heterocycles. The van der Waals surface area contributed by atoms with Gasteiger partial charge in [0, 0.05) is 16.5 Å². The summed E-state index contributed by atoms with van der Waals surface area (Å²) in [5, 5.41) is 7.63. The van der Waals surface area contributed by atoms with Crippen molar-refractivity contribution >= 4 is 43.4 Å². The Morgan fingerprint density at radius 2 is 0.827 bits per heavy atom. The first-order valence-electron chi connectivity index (χ1n) is 18.2. The van der Waals surface area contributed by atoms with Gasteiger partial charge in [-0.1, -0.05) is 152 Å². The Balaban J connectivity index is 1.10. The molecule has 1 heteroatoms. The molecular weight excluding hydrogens is 627 g/mol. The highest BCUT2D eigenvalue weighted by Gasteiger charge is 2.52. The molecule has 0 fully saturated rings. The molecule has 1 spiro atoms. The van der Waals surface area contributed by atoms with Crippen LogP contribution >= 0.6 is 0 Å². The topological polar surface area (TPSA) is 4.93 Å². The van der Waals surface area contributed by atoms with Crippen LogP contribution in [0.25, 0.3) is 82.4 Å². The van der Waals surface area contributed by atoms with Gasteiger partial charge < -0.3 is 4.57 Å². The maximum atomic E-state index is 2.53. The lowest BCUT2D eigenvalue weighted by Gasteiger charge is -2.31. The van der Waals surface area contributed by atoms with Gasteiger partial charge in [-0.2, -0.15) is 0 Å². The molecule has 10 aromatic rings. The first-order valence-corrected chi connectivity index (χ1v) is 18.2. The zero-order valence-electron chi connectivity index (χ0n) is 28.3. The Kier molecular flexibility index (Phi) is 5.49. The Hall–Kier alpha value is -6.70. The molecule has 2 aliphatic rings. The third-order valence-corrected chi connectivity index (χ3v) is 12.0. The van der Waals surface area contributed by atoms with Crippen molar-refractivity contribution in [1.82, 2.24) is 4.57 Å². The van der Waals surface area contributed by atoms with Crippen molar-refractivity contribution in [3.05, 3.63) is 210 Å². The van der Waals surface area contributed by atoms with Crippen molar-refractivity contribution in [1.29, 1.82) is 0 Å². The molecule has 0 bridgehead atoms. The maximum Gasteiger partial charge on any atom is 0.0725 e. The van der Waals surface area contributed by atoms with E-state index in [9.17, 15) is 0 Å². The van der Waals surface area contributed by atoms with Crippen LogP contribution in [0.2, 0.25) is 0 Å². The Morgan fingerprint density at radius 3 is 1.50 bits per heavy atom. The average molecular weight is 658 g/mol. The quantitative estimate of drug-likeness (QED) is 0.174. The molecule has 0 N–H and O–H groups in total. The van der Waals surface area contributed by atoms with E-state index < -0.39 is 0 Å². The lowest BCUT2D eigenvalue weighted by atomic mass is 9.70. The van der Waals surface area contributed by atoms with Crippen LogP contribution in [0.1, 0.15) is 22.3 Å². The molecule has 12 rings (SSSR count). The van der Waals surface area contributed by atoms with E-state index in [-0.39, 0.29) is 5.41 Å². The summed E-state index contributed by atoms with van der Waals surface area (Å²) >= 11 is 0. The zero-order valence-corrected chi connectivity index (χ0v) is 28.3. The van der Waals surface area contributed by atoms with Gasteiger partial charge in [-0.15, -0.1) is 0 Å². The smallest absolute Gasteiger partial charge is 0.0725 e. The summed E-state index contributed by atoms with van der Waals surface area (Å²) in [6.07, 6.45) is 0. The van der Waals surface area contributed by atoms with Gasteiger partial charge in [0.1, 0.15) is 0 Å². The minimum absolute atomic E-state index is 0.383. The molecule has 2 aliphatic carbocycles. The minimum atomic E-state index is -0.383. The number of rotatable bonds is 2. The molecule has 1 aromatic heterocycles. The van der Waals surface area contributed by atoms with Crippen molar-refractivity contribution in [2.75, 3.05) is 0 Å². The van der Waals surface area contributed by atoms with E-state index in [0.717, 1.165) is 0 Å². The van der Waals surface area contributed by atoms with Crippen molar-refractivity contribution in [2.45, 2.75) is 5.41 Å². The highest BCUT2D eigenvalue weighted by Crippen LogP contribution is 2.64. The number of aromatic nitrogens is 1. The molecule has 9 aromatic carbocycles. The Morgan fingerprint density at radius 1 is 0.327 bits per heavy atom. The summed E-state index contributed by atoms with van der Waals surface area (Å²) in [5.41, 5.74) is 16.6. The fraction of sp³-hybridized carbons (Fsp3) is 0.0196. The van der Waals surface area contributed by atoms with Crippen LogP contribution < -0.4 is 0 Å². The third-order valence-electron chi connectivity index (χ3n) is 12.0. The van der Waals surface area contributed by atoms with Gasteiger partial charge in [-0.05, 0) is 114 Å². The summed E-state index contributed by atoms with van der Waals surface area (Å²) in [5.74, 6) is 0. The van der Waals surface area contributed by atoms with E-state index in [4.69, 9.17) is 0 Å². The van der Waals surface area contributed by atoms with E-state index in [1.165, 1.54) is 105 Å². The summed E-state index contributed by atoms with van der Waals surface area (Å²) in [6, 6.07) is 70.3. The van der Waals surface area contributed by atoms with E-state index >= 15 is 0 Å². The molecule has 0 atom stereocenters. The Bertz CT molecular complexity index is 3040. The first kappa shape index (κ1) is 28.0. The SMILES string of the molecule is c1ccc2c(c1)-c1ccccc1C21c2ccccc2-c2c1cc(-c1ccc3cc(-n4c5ccccc5c5ccccc54)ccc3c1)c1ccccc21. The predicted molar refractivity (Wildman–Crippen MR) is 218 cm³/mol. The van der Waals surface area contributed by atoms with Gasteiger partial charge in [-0.25, -0.2) is 0 Å². The molecule has 0 aliphatic heterocycles. The zero-order chi connectivity index (χ0) is 34.0. The van der Waals surface area contributed by atoms with Crippen molar-refractivity contribution in [3.8, 4) is 39.1 Å². The molecule has 0 radical (unpaired) electrons. The van der Waals surface area contributed by atoms with Crippen LogP contribution in [0.3, 0.4) is 0 Å². The van der Waals surface area contributed by atoms with Crippen LogP contribution in [-0.2, 0) is 5.41 Å². The molecule has 0 saturated carbocycles. The van der Waals surface area contributed by atoms with E-state index in [2.05, 4.69) is 193 Å². The van der Waals surface area contributed by atoms with Gasteiger partial charge in [0.15, 0.2) is 0 Å². The van der Waals surface area contributed by atoms with Crippen molar-refractivity contribution in [3.63, 3.8) is 0 Å². The molecule has 0 saturated heterocycles. The molecule has 0 unspecified atom stereocenters. The fourth-order valence-corrected chi connectivity index (χ4v) is 9.93. The fourth-order valence-electron chi connectivity index (χ4n) is 9.93. The number of hydrogen-bond acceptors (Lipinski definition) is 0. The van der Waals surface area contributed by atoms with E-state index in [1.54, 1.807) is 0 Å². The lowest BCUT2D eigenvalue weighted by Crippen LogP contribution is -2.25. The lowest BCUT2D eigenvalue weighted by molar-refractivity contribution is 0.794. The average Bonchev–Trinajstić information content (AvgIpc) is 3.82. The molecule has 240 valence electrons. The Labute approximate surface area is 301 Å². The monoisotopic (exact) mass is 657 g/mol. The standard InChI is InChI=1S/C51H31N/c1-2-18-41-36(13-1)43(31-47-50(41)42-19-5-10-22-46(42)51(47)44-20-8-3-14-37(44)38-15-4-9-21-45(38)51)34-26-25-33-30-35(28-27-32(33)29-34)52-48-23-11-6-16-39(48)40-17-7-12-24-49(40)52/h1-31H. The van der Waals surface area contributed by atoms with Crippen LogP contribution in [0, 0.1) is 0 Å². The minimum Gasteiger partial charge on any atom is -0.309 e. The number of benzene rings is 9. The number of hydrogen-bond donors (Lipinski definition) is 0. The molecular formula is C51H31N. The number of para-hydroxylation sites is 2. The van der Waals surface area contributed by atoms with Gasteiger partial charge in [0.2, 0.25) is 0 Å². The van der Waals surface area contributed by atoms with Crippen molar-refractivity contribution in [2.24, 2.45) is 0 Å². The second-order valence-electron chi connectivity index (χ2n) is 14.4. The number of nitrogens with zero attached hydrogens (tertiary/aromatic N) is 1. The molecule has 1 nitrogen and oxygen atoms in total. The normalized spacial score (nSPS) is 13.5. The second-order valence-corrected chi connectivity index (χ2v) is 14.4. The second kappa shape index (κ2) is 10.2. The highest BCUT2D eigenvalue weighted by molar-refractivity contribution is 6.12. The highest BCUT2D eigenvalue weighted by atomic mass is 15.0. The summed E-state index contributed by atoms with van der Waals surface area (Å²) in [6.45, 7) is 0. The van der Waals surface area contributed by atoms with Gasteiger partial charge in [0.25, 0.3) is 0 Å². The van der Waals surface area contributed by atoms with Crippen LogP contribution in [-0.4, -0.2) is 4.57 Å². The van der Waals surface area contributed by atoms with Gasteiger partial charge in [-0.3, -0.25) is 0 Å². The number of fused-ring (bicyclic) bond motifs is 16. The van der Waals surface area contributed by atoms with Crippen molar-refractivity contribution < 1.29 is 0 Å². The maximum absolute atomic E-state index is 2.53. The largest absolute Gasteiger partial charge is 0.309 e. The third kappa shape index (κ3) is 3.48. The molecule has 52 heavy (non-hydrogen) atoms. The van der Waals surface area contributed by atoms with Crippen LogP contribution in [0.4, 0.5) is 0 Å². The summed E-state index contributed by atoms with van der Waals surface area (Å²) in [7, 11) is 0. The first-order chi connectivity index (χ1) is 25.8. The van der Waals surface area contributed by atoms with Gasteiger partial charge >= 0.3 is 0 Å². The van der Waals surface area contributed by atoms with E-state index in [1.807, 2.05) is 0 Å². The summed E-state index contributed by atoms with van der Waals surface area (Å²) in [4.78, 5) is 0. The van der Waals surface area contributed by atoms with Gasteiger partial charge in [0.05, 0.1) is 16.4 Å². The summed E-state index contributed by atoms with van der Waals surface area (Å²) < 4.78 is 2.40. The van der Waals surface area contributed by atoms with E-state index in [0.29, 0.717) is 0 Å². The van der Waals surface area contributed by atoms with Crippen LogP contribution in [0.15, 0.2) is 188 Å². The molecule has 0 amide bonds. The predicted octanol–water partition coefficient (Wildman–Crippen LogP) is 13.1.